The van der Waals surface area contributed by atoms with Crippen molar-refractivity contribution in [3.05, 3.63) is 64.8 Å². The number of ether oxygens (including phenoxy) is 2. The molecule has 1 fully saturated rings. The van der Waals surface area contributed by atoms with Gasteiger partial charge in [-0.05, 0) is 61.1 Å². The van der Waals surface area contributed by atoms with Crippen molar-refractivity contribution in [2.45, 2.75) is 44.9 Å². The van der Waals surface area contributed by atoms with E-state index < -0.39 is 5.41 Å². The average molecular weight is 430 g/mol. The topological polar surface area (TPSA) is 73.3 Å². The molecule has 32 heavy (non-hydrogen) atoms. The van der Waals surface area contributed by atoms with Crippen LogP contribution in [0, 0.1) is 6.92 Å². The van der Waals surface area contributed by atoms with Crippen molar-refractivity contribution < 1.29 is 14.3 Å². The van der Waals surface area contributed by atoms with Gasteiger partial charge in [0.1, 0.15) is 11.6 Å². The summed E-state index contributed by atoms with van der Waals surface area (Å²) in [5, 5.41) is 3.07. The summed E-state index contributed by atoms with van der Waals surface area (Å²) in [7, 11) is 1.63. The van der Waals surface area contributed by atoms with Crippen LogP contribution in [0.25, 0.3) is 11.3 Å². The summed E-state index contributed by atoms with van der Waals surface area (Å²) in [5.74, 6) is 2.13. The zero-order chi connectivity index (χ0) is 22.3. The quantitative estimate of drug-likeness (QED) is 0.619. The second-order valence-corrected chi connectivity index (χ2v) is 8.57. The number of carbonyl (C=O) groups is 1. The monoisotopic (exact) mass is 429 g/mol. The first-order chi connectivity index (χ1) is 15.5. The van der Waals surface area contributed by atoms with Crippen LogP contribution in [0.5, 0.6) is 11.6 Å². The Morgan fingerprint density at radius 2 is 2.06 bits per heavy atom. The largest absolute Gasteiger partial charge is 0.493 e. The Hall–Kier alpha value is -3.41. The molecule has 0 radical (unpaired) electrons. The lowest BCUT2D eigenvalue weighted by Crippen LogP contribution is -2.28. The number of amides is 1. The molecule has 0 saturated heterocycles. The number of nitrogens with one attached hydrogen (secondary N) is 1. The van der Waals surface area contributed by atoms with Crippen LogP contribution >= 0.6 is 0 Å². The van der Waals surface area contributed by atoms with Gasteiger partial charge in [-0.2, -0.15) is 0 Å². The highest BCUT2D eigenvalue weighted by molar-refractivity contribution is 6.01. The minimum Gasteiger partial charge on any atom is -0.493 e. The van der Waals surface area contributed by atoms with Crippen molar-refractivity contribution in [3.8, 4) is 22.9 Å². The number of pyridine rings is 2. The predicted octanol–water partition coefficient (Wildman–Crippen LogP) is 4.63. The summed E-state index contributed by atoms with van der Waals surface area (Å²) in [4.78, 5) is 22.5. The van der Waals surface area contributed by atoms with Crippen molar-refractivity contribution in [1.82, 2.24) is 9.97 Å². The Balaban J connectivity index is 1.41. The number of aromatic nitrogens is 2. The molecule has 1 aromatic carbocycles. The molecule has 3 aromatic rings. The van der Waals surface area contributed by atoms with E-state index in [1.165, 1.54) is 5.56 Å². The van der Waals surface area contributed by atoms with E-state index in [0.717, 1.165) is 59.4 Å². The third kappa shape index (κ3) is 3.49. The van der Waals surface area contributed by atoms with Crippen LogP contribution in [0.15, 0.2) is 42.6 Å². The standard InChI is InChI=1S/C26H27N3O3/c1-4-17-13-19(15-27-24(17)31-3)23-16(2)5-8-22(28-23)29-25(30)26(10-11-26)20-6-7-21-18(14-20)9-12-32-21/h5-8,13-15H,4,9-12H2,1-3H3,(H,28,29,30). The van der Waals surface area contributed by atoms with Crippen LogP contribution in [0.4, 0.5) is 5.82 Å². The van der Waals surface area contributed by atoms with E-state index in [1.54, 1.807) is 13.3 Å². The minimum absolute atomic E-state index is 0.000714. The molecule has 1 saturated carbocycles. The number of rotatable bonds is 6. The van der Waals surface area contributed by atoms with E-state index in [-0.39, 0.29) is 5.91 Å². The van der Waals surface area contributed by atoms with Crippen molar-refractivity contribution in [2.75, 3.05) is 19.0 Å². The zero-order valence-corrected chi connectivity index (χ0v) is 18.7. The van der Waals surface area contributed by atoms with Gasteiger partial charge in [0.15, 0.2) is 0 Å². The molecule has 0 spiro atoms. The van der Waals surface area contributed by atoms with Crippen molar-refractivity contribution in [2.24, 2.45) is 0 Å². The minimum atomic E-state index is -0.471. The number of carbonyl (C=O) groups excluding carboxylic acids is 1. The SMILES string of the molecule is CCc1cc(-c2nc(NC(=O)C3(c4ccc5c(c4)CCO5)CC3)ccc2C)cnc1OC. The van der Waals surface area contributed by atoms with E-state index in [2.05, 4.69) is 29.4 Å². The maximum atomic E-state index is 13.3. The maximum Gasteiger partial charge on any atom is 0.236 e. The summed E-state index contributed by atoms with van der Waals surface area (Å²) >= 11 is 0. The molecule has 6 heteroatoms. The van der Waals surface area contributed by atoms with Gasteiger partial charge in [-0.3, -0.25) is 4.79 Å². The fourth-order valence-electron chi connectivity index (χ4n) is 4.45. The smallest absolute Gasteiger partial charge is 0.236 e. The van der Waals surface area contributed by atoms with Crippen LogP contribution in [0.3, 0.4) is 0 Å². The molecule has 2 aliphatic rings. The summed E-state index contributed by atoms with van der Waals surface area (Å²) in [6.45, 7) is 4.80. The summed E-state index contributed by atoms with van der Waals surface area (Å²) in [6, 6.07) is 12.1. The van der Waals surface area contributed by atoms with Crippen LogP contribution in [-0.4, -0.2) is 29.6 Å². The molecular weight excluding hydrogens is 402 g/mol. The Morgan fingerprint density at radius 1 is 1.22 bits per heavy atom. The van der Waals surface area contributed by atoms with E-state index >= 15 is 0 Å². The van der Waals surface area contributed by atoms with Gasteiger partial charge in [0.2, 0.25) is 11.8 Å². The van der Waals surface area contributed by atoms with E-state index in [0.29, 0.717) is 18.3 Å². The molecule has 2 aromatic heterocycles. The van der Waals surface area contributed by atoms with Crippen LogP contribution in [0.1, 0.15) is 42.0 Å². The van der Waals surface area contributed by atoms with Gasteiger partial charge >= 0.3 is 0 Å². The highest BCUT2D eigenvalue weighted by Crippen LogP contribution is 2.50. The van der Waals surface area contributed by atoms with Crippen LogP contribution < -0.4 is 14.8 Å². The summed E-state index contributed by atoms with van der Waals surface area (Å²) in [5.41, 5.74) is 5.56. The molecule has 1 aliphatic heterocycles. The fraction of sp³-hybridized carbons (Fsp3) is 0.346. The molecule has 0 bridgehead atoms. The number of aryl methyl sites for hydroxylation is 2. The number of anilines is 1. The lowest BCUT2D eigenvalue weighted by Gasteiger charge is -2.17. The second kappa shape index (κ2) is 7.93. The molecule has 3 heterocycles. The van der Waals surface area contributed by atoms with Crippen LogP contribution in [0.2, 0.25) is 0 Å². The van der Waals surface area contributed by atoms with Gasteiger partial charge in [0, 0.05) is 23.7 Å². The average Bonchev–Trinajstić information content (AvgIpc) is 3.50. The molecule has 1 N–H and O–H groups in total. The van der Waals surface area contributed by atoms with Gasteiger partial charge in [-0.1, -0.05) is 25.1 Å². The normalized spacial score (nSPS) is 15.6. The highest BCUT2D eigenvalue weighted by Gasteiger charge is 2.51. The molecule has 0 atom stereocenters. The molecule has 1 amide bonds. The first-order valence-electron chi connectivity index (χ1n) is 11.1. The highest BCUT2D eigenvalue weighted by atomic mass is 16.5. The van der Waals surface area contributed by atoms with E-state index in [1.807, 2.05) is 31.2 Å². The second-order valence-electron chi connectivity index (χ2n) is 8.57. The number of benzene rings is 1. The third-order valence-electron chi connectivity index (χ3n) is 6.54. The van der Waals surface area contributed by atoms with Crippen LogP contribution in [-0.2, 0) is 23.1 Å². The van der Waals surface area contributed by atoms with E-state index in [4.69, 9.17) is 14.5 Å². The van der Waals surface area contributed by atoms with Crippen molar-refractivity contribution in [3.63, 3.8) is 0 Å². The van der Waals surface area contributed by atoms with Gasteiger partial charge in [0.05, 0.1) is 24.8 Å². The Bertz CT molecular complexity index is 1200. The molecule has 5 rings (SSSR count). The third-order valence-corrected chi connectivity index (χ3v) is 6.54. The Morgan fingerprint density at radius 3 is 2.81 bits per heavy atom. The van der Waals surface area contributed by atoms with E-state index in [9.17, 15) is 4.79 Å². The number of nitrogens with zero attached hydrogens (tertiary/aromatic N) is 2. The first-order valence-corrected chi connectivity index (χ1v) is 11.1. The molecular formula is C26H27N3O3. The Labute approximate surface area is 188 Å². The lowest BCUT2D eigenvalue weighted by atomic mass is 9.92. The zero-order valence-electron chi connectivity index (χ0n) is 18.7. The number of hydrogen-bond acceptors (Lipinski definition) is 5. The molecule has 164 valence electrons. The lowest BCUT2D eigenvalue weighted by molar-refractivity contribution is -0.118. The van der Waals surface area contributed by atoms with Gasteiger partial charge in [-0.25, -0.2) is 9.97 Å². The Kier molecular flexibility index (Phi) is 5.08. The molecule has 0 unspecified atom stereocenters. The van der Waals surface area contributed by atoms with Gasteiger partial charge in [0.25, 0.3) is 0 Å². The van der Waals surface area contributed by atoms with Gasteiger partial charge < -0.3 is 14.8 Å². The number of fused-ring (bicyclic) bond motifs is 1. The molecule has 1 aliphatic carbocycles. The fourth-order valence-corrected chi connectivity index (χ4v) is 4.45. The first kappa shape index (κ1) is 20.5. The molecule has 6 nitrogen and oxygen atoms in total. The summed E-state index contributed by atoms with van der Waals surface area (Å²) < 4.78 is 11.0. The van der Waals surface area contributed by atoms with Crippen molar-refractivity contribution >= 4 is 11.7 Å². The van der Waals surface area contributed by atoms with Gasteiger partial charge in [-0.15, -0.1) is 0 Å². The number of hydrogen-bond donors (Lipinski definition) is 1. The predicted molar refractivity (Wildman–Crippen MR) is 123 cm³/mol. The maximum absolute atomic E-state index is 13.3. The summed E-state index contributed by atoms with van der Waals surface area (Å²) in [6.07, 6.45) is 5.18. The number of methoxy groups -OCH3 is 1. The van der Waals surface area contributed by atoms with Crippen molar-refractivity contribution in [1.29, 1.82) is 0 Å².